The Morgan fingerprint density at radius 1 is 1.35 bits per heavy atom. The van der Waals surface area contributed by atoms with E-state index in [0.29, 0.717) is 24.5 Å². The SMILES string of the molecule is CCCOc1ccc(F)c2c1NCC(c1ccoc1)=C2. The molecule has 1 N–H and O–H groups in total. The Morgan fingerprint density at radius 2 is 2.25 bits per heavy atom. The second-order valence-corrected chi connectivity index (χ2v) is 4.72. The highest BCUT2D eigenvalue weighted by atomic mass is 19.1. The van der Waals surface area contributed by atoms with Gasteiger partial charge in [-0.1, -0.05) is 6.92 Å². The molecule has 3 rings (SSSR count). The molecule has 2 heterocycles. The largest absolute Gasteiger partial charge is 0.491 e. The van der Waals surface area contributed by atoms with Crippen molar-refractivity contribution in [1.82, 2.24) is 0 Å². The number of nitrogens with one attached hydrogen (secondary N) is 1. The highest BCUT2D eigenvalue weighted by molar-refractivity contribution is 5.92. The Balaban J connectivity index is 2.00. The molecule has 0 saturated carbocycles. The van der Waals surface area contributed by atoms with Gasteiger partial charge in [0.1, 0.15) is 11.6 Å². The highest BCUT2D eigenvalue weighted by Gasteiger charge is 2.19. The van der Waals surface area contributed by atoms with Crippen molar-refractivity contribution < 1.29 is 13.5 Å². The number of rotatable bonds is 4. The molecule has 20 heavy (non-hydrogen) atoms. The molecule has 4 heteroatoms. The predicted octanol–water partition coefficient (Wildman–Crippen LogP) is 4.17. The van der Waals surface area contributed by atoms with Crippen molar-refractivity contribution in [3.63, 3.8) is 0 Å². The van der Waals surface area contributed by atoms with E-state index in [9.17, 15) is 4.39 Å². The molecule has 0 fully saturated rings. The van der Waals surface area contributed by atoms with Crippen LogP contribution < -0.4 is 10.1 Å². The fourth-order valence-electron chi connectivity index (χ4n) is 2.27. The van der Waals surface area contributed by atoms with Crippen LogP contribution in [0.2, 0.25) is 0 Å². The molecule has 104 valence electrons. The summed E-state index contributed by atoms with van der Waals surface area (Å²) in [6.07, 6.45) is 6.05. The van der Waals surface area contributed by atoms with Crippen LogP contribution in [0, 0.1) is 5.82 Å². The fourth-order valence-corrected chi connectivity index (χ4v) is 2.27. The third-order valence-electron chi connectivity index (χ3n) is 3.28. The van der Waals surface area contributed by atoms with Gasteiger partial charge >= 0.3 is 0 Å². The summed E-state index contributed by atoms with van der Waals surface area (Å²) in [6, 6.07) is 4.99. The van der Waals surface area contributed by atoms with E-state index in [0.717, 1.165) is 23.2 Å². The van der Waals surface area contributed by atoms with E-state index in [-0.39, 0.29) is 5.82 Å². The summed E-state index contributed by atoms with van der Waals surface area (Å²) < 4.78 is 24.8. The van der Waals surface area contributed by atoms with Crippen LogP contribution in [-0.4, -0.2) is 13.2 Å². The van der Waals surface area contributed by atoms with Crippen molar-refractivity contribution in [2.24, 2.45) is 0 Å². The van der Waals surface area contributed by atoms with Crippen LogP contribution in [0.1, 0.15) is 24.5 Å². The van der Waals surface area contributed by atoms with Crippen molar-refractivity contribution in [3.8, 4) is 5.75 Å². The molecular weight excluding hydrogens is 257 g/mol. The standard InChI is InChI=1S/C16H16FNO2/c1-2-6-20-15-4-3-14(17)13-8-12(9-18-16(13)15)11-5-7-19-10-11/h3-5,7-8,10,18H,2,6,9H2,1H3. The Hall–Kier alpha value is -2.23. The maximum Gasteiger partial charge on any atom is 0.143 e. The lowest BCUT2D eigenvalue weighted by Crippen LogP contribution is -2.12. The van der Waals surface area contributed by atoms with Crippen molar-refractivity contribution in [3.05, 3.63) is 47.7 Å². The average Bonchev–Trinajstić information content (AvgIpc) is 3.01. The summed E-state index contributed by atoms with van der Waals surface area (Å²) in [5.41, 5.74) is 3.23. The average molecular weight is 273 g/mol. The van der Waals surface area contributed by atoms with Crippen LogP contribution in [0.25, 0.3) is 11.6 Å². The van der Waals surface area contributed by atoms with Gasteiger partial charge in [-0.15, -0.1) is 0 Å². The van der Waals surface area contributed by atoms with Gasteiger partial charge in [0.2, 0.25) is 0 Å². The van der Waals surface area contributed by atoms with Crippen molar-refractivity contribution in [2.75, 3.05) is 18.5 Å². The molecule has 2 aromatic rings. The first-order valence-corrected chi connectivity index (χ1v) is 6.72. The first-order chi connectivity index (χ1) is 9.79. The molecule has 1 aliphatic rings. The van der Waals surface area contributed by atoms with Crippen molar-refractivity contribution >= 4 is 17.3 Å². The van der Waals surface area contributed by atoms with E-state index in [4.69, 9.17) is 9.15 Å². The lowest BCUT2D eigenvalue weighted by atomic mass is 9.99. The molecule has 0 unspecified atom stereocenters. The van der Waals surface area contributed by atoms with E-state index in [1.807, 2.05) is 19.1 Å². The van der Waals surface area contributed by atoms with E-state index in [2.05, 4.69) is 5.32 Å². The molecule has 0 spiro atoms. The summed E-state index contributed by atoms with van der Waals surface area (Å²) in [5, 5.41) is 3.24. The maximum absolute atomic E-state index is 14.0. The summed E-state index contributed by atoms with van der Waals surface area (Å²) in [6.45, 7) is 3.29. The molecule has 1 aromatic heterocycles. The van der Waals surface area contributed by atoms with Gasteiger partial charge in [-0.05, 0) is 36.3 Å². The highest BCUT2D eigenvalue weighted by Crippen LogP contribution is 2.37. The Kier molecular flexibility index (Phi) is 3.46. The third-order valence-corrected chi connectivity index (χ3v) is 3.28. The van der Waals surface area contributed by atoms with Gasteiger partial charge in [-0.25, -0.2) is 4.39 Å². The molecule has 0 atom stereocenters. The summed E-state index contributed by atoms with van der Waals surface area (Å²) in [5.74, 6) is 0.447. The minimum absolute atomic E-state index is 0.253. The van der Waals surface area contributed by atoms with Crippen LogP contribution in [0.5, 0.6) is 5.75 Å². The van der Waals surface area contributed by atoms with Crippen LogP contribution in [-0.2, 0) is 0 Å². The van der Waals surface area contributed by atoms with Crippen molar-refractivity contribution in [2.45, 2.75) is 13.3 Å². The molecular formula is C16H16FNO2. The lowest BCUT2D eigenvalue weighted by molar-refractivity contribution is 0.318. The topological polar surface area (TPSA) is 34.4 Å². The van der Waals surface area contributed by atoms with Gasteiger partial charge < -0.3 is 14.5 Å². The molecule has 0 aliphatic carbocycles. The molecule has 0 bridgehead atoms. The number of halogens is 1. The second-order valence-electron chi connectivity index (χ2n) is 4.72. The minimum Gasteiger partial charge on any atom is -0.491 e. The number of hydrogen-bond acceptors (Lipinski definition) is 3. The van der Waals surface area contributed by atoms with Crippen LogP contribution >= 0.6 is 0 Å². The number of fused-ring (bicyclic) bond motifs is 1. The Labute approximate surface area is 117 Å². The van der Waals surface area contributed by atoms with Crippen LogP contribution in [0.15, 0.2) is 35.1 Å². The lowest BCUT2D eigenvalue weighted by Gasteiger charge is -2.21. The number of benzene rings is 1. The van der Waals surface area contributed by atoms with E-state index in [1.165, 1.54) is 6.07 Å². The minimum atomic E-state index is -0.253. The molecule has 0 radical (unpaired) electrons. The van der Waals surface area contributed by atoms with Gasteiger partial charge in [-0.3, -0.25) is 0 Å². The van der Waals surface area contributed by atoms with Gasteiger partial charge in [-0.2, -0.15) is 0 Å². The quantitative estimate of drug-likeness (QED) is 0.907. The summed E-state index contributed by atoms with van der Waals surface area (Å²) in [4.78, 5) is 0. The van der Waals surface area contributed by atoms with Gasteiger partial charge in [0, 0.05) is 17.7 Å². The monoisotopic (exact) mass is 273 g/mol. The molecule has 0 saturated heterocycles. The smallest absolute Gasteiger partial charge is 0.143 e. The van der Waals surface area contributed by atoms with Crippen LogP contribution in [0.4, 0.5) is 10.1 Å². The third kappa shape index (κ3) is 2.29. The Bertz CT molecular complexity index is 632. The van der Waals surface area contributed by atoms with Crippen molar-refractivity contribution in [1.29, 1.82) is 0 Å². The first kappa shape index (κ1) is 12.8. The zero-order valence-electron chi connectivity index (χ0n) is 11.3. The summed E-state index contributed by atoms with van der Waals surface area (Å²) >= 11 is 0. The predicted molar refractivity (Wildman–Crippen MR) is 77.3 cm³/mol. The number of hydrogen-bond donors (Lipinski definition) is 1. The molecule has 1 aliphatic heterocycles. The normalized spacial score (nSPS) is 13.4. The molecule has 0 amide bonds. The number of anilines is 1. The molecule has 1 aromatic carbocycles. The maximum atomic E-state index is 14.0. The second kappa shape index (κ2) is 5.41. The first-order valence-electron chi connectivity index (χ1n) is 6.72. The zero-order valence-corrected chi connectivity index (χ0v) is 11.3. The number of furan rings is 1. The molecule has 3 nitrogen and oxygen atoms in total. The van der Waals surface area contributed by atoms with Crippen LogP contribution in [0.3, 0.4) is 0 Å². The fraction of sp³-hybridized carbons (Fsp3) is 0.250. The van der Waals surface area contributed by atoms with E-state index >= 15 is 0 Å². The summed E-state index contributed by atoms with van der Waals surface area (Å²) in [7, 11) is 0. The van der Waals surface area contributed by atoms with Gasteiger partial charge in [0.05, 0.1) is 24.8 Å². The van der Waals surface area contributed by atoms with E-state index in [1.54, 1.807) is 18.6 Å². The number of ether oxygens (including phenoxy) is 1. The van der Waals surface area contributed by atoms with E-state index < -0.39 is 0 Å². The van der Waals surface area contributed by atoms with Gasteiger partial charge in [0.15, 0.2) is 0 Å². The van der Waals surface area contributed by atoms with Gasteiger partial charge in [0.25, 0.3) is 0 Å². The Morgan fingerprint density at radius 3 is 3.00 bits per heavy atom. The zero-order chi connectivity index (χ0) is 13.9.